The van der Waals surface area contributed by atoms with Crippen LogP contribution in [0.3, 0.4) is 0 Å². The summed E-state index contributed by atoms with van der Waals surface area (Å²) in [5, 5.41) is 0. The van der Waals surface area contributed by atoms with Gasteiger partial charge in [0.05, 0.1) is 26.4 Å². The molecule has 0 aromatic heterocycles. The first-order valence-electron chi connectivity index (χ1n) is 8.01. The Hall–Kier alpha value is -2.95. The SMILES string of the molecule is CCOc1cc(C)c2c(c1)O/C(=C\c1ccc(OC)c(OC)c1)C2=O. The summed E-state index contributed by atoms with van der Waals surface area (Å²) in [5.41, 5.74) is 2.20. The number of hydrogen-bond acceptors (Lipinski definition) is 5. The predicted molar refractivity (Wildman–Crippen MR) is 94.8 cm³/mol. The molecular formula is C20H20O5. The first kappa shape index (κ1) is 16.9. The Bertz CT molecular complexity index is 851. The molecule has 2 aromatic carbocycles. The number of allylic oxidation sites excluding steroid dienone is 1. The van der Waals surface area contributed by atoms with Crippen LogP contribution in [0, 0.1) is 6.92 Å². The van der Waals surface area contributed by atoms with Gasteiger partial charge in [-0.25, -0.2) is 0 Å². The largest absolute Gasteiger partial charge is 0.494 e. The number of ether oxygens (including phenoxy) is 4. The molecule has 25 heavy (non-hydrogen) atoms. The van der Waals surface area contributed by atoms with E-state index in [0.717, 1.165) is 11.1 Å². The smallest absolute Gasteiger partial charge is 0.232 e. The molecule has 0 N–H and O–H groups in total. The highest BCUT2D eigenvalue weighted by Gasteiger charge is 2.30. The van der Waals surface area contributed by atoms with Crippen LogP contribution in [0.15, 0.2) is 36.1 Å². The minimum Gasteiger partial charge on any atom is -0.494 e. The van der Waals surface area contributed by atoms with Gasteiger partial charge in [0.15, 0.2) is 17.3 Å². The first-order chi connectivity index (χ1) is 12.1. The molecule has 0 spiro atoms. The van der Waals surface area contributed by atoms with Crippen LogP contribution in [-0.2, 0) is 0 Å². The Kier molecular flexibility index (Phi) is 4.65. The quantitative estimate of drug-likeness (QED) is 0.769. The third-order valence-electron chi connectivity index (χ3n) is 3.96. The van der Waals surface area contributed by atoms with E-state index in [2.05, 4.69) is 0 Å². The van der Waals surface area contributed by atoms with Crippen LogP contribution in [0.5, 0.6) is 23.0 Å². The zero-order chi connectivity index (χ0) is 18.0. The van der Waals surface area contributed by atoms with Crippen LogP contribution in [0.2, 0.25) is 0 Å². The molecule has 0 radical (unpaired) electrons. The standard InChI is InChI=1S/C20H20O5/c1-5-24-14-8-12(2)19-17(11-14)25-18(20(19)21)10-13-6-7-15(22-3)16(9-13)23-4/h6-11H,5H2,1-4H3/b18-10-. The maximum absolute atomic E-state index is 12.7. The first-order valence-corrected chi connectivity index (χ1v) is 8.01. The molecule has 1 aliphatic rings. The van der Waals surface area contributed by atoms with Crippen LogP contribution in [0.4, 0.5) is 0 Å². The van der Waals surface area contributed by atoms with Crippen LogP contribution >= 0.6 is 0 Å². The second kappa shape index (κ2) is 6.89. The van der Waals surface area contributed by atoms with Crippen molar-refractivity contribution in [3.63, 3.8) is 0 Å². The minimum absolute atomic E-state index is 0.134. The molecule has 0 atom stereocenters. The van der Waals surface area contributed by atoms with Crippen molar-refractivity contribution < 1.29 is 23.7 Å². The van der Waals surface area contributed by atoms with Crippen molar-refractivity contribution in [1.29, 1.82) is 0 Å². The number of fused-ring (bicyclic) bond motifs is 1. The molecule has 0 bridgehead atoms. The molecule has 0 saturated carbocycles. The fourth-order valence-electron chi connectivity index (χ4n) is 2.82. The molecule has 5 nitrogen and oxygen atoms in total. The van der Waals surface area contributed by atoms with Crippen molar-refractivity contribution in [2.24, 2.45) is 0 Å². The molecule has 2 aromatic rings. The van der Waals surface area contributed by atoms with E-state index in [1.165, 1.54) is 0 Å². The molecule has 0 unspecified atom stereocenters. The molecule has 0 amide bonds. The third kappa shape index (κ3) is 3.18. The van der Waals surface area contributed by atoms with Gasteiger partial charge in [0.2, 0.25) is 5.78 Å². The lowest BCUT2D eigenvalue weighted by Gasteiger charge is -2.08. The van der Waals surface area contributed by atoms with E-state index in [-0.39, 0.29) is 11.5 Å². The number of benzene rings is 2. The van der Waals surface area contributed by atoms with Crippen LogP contribution in [0.1, 0.15) is 28.4 Å². The summed E-state index contributed by atoms with van der Waals surface area (Å²) < 4.78 is 21.8. The van der Waals surface area contributed by atoms with Crippen LogP contribution in [-0.4, -0.2) is 26.6 Å². The number of ketones is 1. The molecule has 0 fully saturated rings. The van der Waals surface area contributed by atoms with Gasteiger partial charge in [-0.2, -0.15) is 0 Å². The number of carbonyl (C=O) groups excluding carboxylic acids is 1. The Morgan fingerprint density at radius 2 is 1.84 bits per heavy atom. The van der Waals surface area contributed by atoms with Gasteiger partial charge in [-0.3, -0.25) is 4.79 Å². The number of rotatable bonds is 5. The monoisotopic (exact) mass is 340 g/mol. The fourth-order valence-corrected chi connectivity index (χ4v) is 2.82. The molecule has 5 heteroatoms. The Labute approximate surface area is 146 Å². The van der Waals surface area contributed by atoms with Crippen molar-refractivity contribution in [3.8, 4) is 23.0 Å². The lowest BCUT2D eigenvalue weighted by atomic mass is 10.0. The average molecular weight is 340 g/mol. The van der Waals surface area contributed by atoms with E-state index in [4.69, 9.17) is 18.9 Å². The van der Waals surface area contributed by atoms with Gasteiger partial charge in [0.1, 0.15) is 11.5 Å². The van der Waals surface area contributed by atoms with E-state index in [1.54, 1.807) is 38.5 Å². The third-order valence-corrected chi connectivity index (χ3v) is 3.96. The van der Waals surface area contributed by atoms with Crippen LogP contribution < -0.4 is 18.9 Å². The van der Waals surface area contributed by atoms with Gasteiger partial charge >= 0.3 is 0 Å². The number of aryl methyl sites for hydroxylation is 1. The molecular weight excluding hydrogens is 320 g/mol. The van der Waals surface area contributed by atoms with Crippen LogP contribution in [0.25, 0.3) is 6.08 Å². The Morgan fingerprint density at radius 3 is 2.52 bits per heavy atom. The number of hydrogen-bond donors (Lipinski definition) is 0. The molecule has 130 valence electrons. The van der Waals surface area contributed by atoms with Gasteiger partial charge in [-0.05, 0) is 49.2 Å². The van der Waals surface area contributed by atoms with Crippen molar-refractivity contribution in [2.45, 2.75) is 13.8 Å². The molecule has 0 saturated heterocycles. The van der Waals surface area contributed by atoms with Crippen molar-refractivity contribution in [1.82, 2.24) is 0 Å². The van der Waals surface area contributed by atoms with E-state index >= 15 is 0 Å². The molecule has 1 aliphatic heterocycles. The highest BCUT2D eigenvalue weighted by Crippen LogP contribution is 2.38. The Morgan fingerprint density at radius 1 is 1.08 bits per heavy atom. The van der Waals surface area contributed by atoms with Gasteiger partial charge in [0.25, 0.3) is 0 Å². The van der Waals surface area contributed by atoms with Crippen molar-refractivity contribution in [2.75, 3.05) is 20.8 Å². The van der Waals surface area contributed by atoms with E-state index in [9.17, 15) is 4.79 Å². The van der Waals surface area contributed by atoms with Gasteiger partial charge in [-0.1, -0.05) is 6.07 Å². The molecule has 3 rings (SSSR count). The predicted octanol–water partition coefficient (Wildman–Crippen LogP) is 4.03. The van der Waals surface area contributed by atoms with Gasteiger partial charge in [-0.15, -0.1) is 0 Å². The highest BCUT2D eigenvalue weighted by atomic mass is 16.5. The van der Waals surface area contributed by atoms with Gasteiger partial charge in [0, 0.05) is 6.07 Å². The van der Waals surface area contributed by atoms with Gasteiger partial charge < -0.3 is 18.9 Å². The number of methoxy groups -OCH3 is 2. The lowest BCUT2D eigenvalue weighted by molar-refractivity contribution is 0.101. The summed E-state index contributed by atoms with van der Waals surface area (Å²) in [6.07, 6.45) is 1.70. The maximum atomic E-state index is 12.7. The second-order valence-corrected chi connectivity index (χ2v) is 5.60. The fraction of sp³-hybridized carbons (Fsp3) is 0.250. The summed E-state index contributed by atoms with van der Waals surface area (Å²) in [6, 6.07) is 9.02. The Balaban J connectivity index is 1.96. The summed E-state index contributed by atoms with van der Waals surface area (Å²) in [5.74, 6) is 2.59. The zero-order valence-corrected chi connectivity index (χ0v) is 14.7. The summed E-state index contributed by atoms with van der Waals surface area (Å²) in [7, 11) is 3.15. The average Bonchev–Trinajstić information content (AvgIpc) is 2.91. The zero-order valence-electron chi connectivity index (χ0n) is 14.7. The summed E-state index contributed by atoms with van der Waals surface area (Å²) in [4.78, 5) is 12.7. The van der Waals surface area contributed by atoms with E-state index in [1.807, 2.05) is 26.0 Å². The summed E-state index contributed by atoms with van der Waals surface area (Å²) in [6.45, 7) is 4.35. The molecule has 0 aliphatic carbocycles. The highest BCUT2D eigenvalue weighted by molar-refractivity contribution is 6.15. The molecule has 1 heterocycles. The normalized spacial score (nSPS) is 14.2. The summed E-state index contributed by atoms with van der Waals surface area (Å²) >= 11 is 0. The number of Topliss-reactive ketones (excluding diaryl/α,β-unsaturated/α-hetero) is 1. The van der Waals surface area contributed by atoms with E-state index in [0.29, 0.717) is 35.2 Å². The van der Waals surface area contributed by atoms with Crippen molar-refractivity contribution >= 4 is 11.9 Å². The van der Waals surface area contributed by atoms with E-state index < -0.39 is 0 Å². The lowest BCUT2D eigenvalue weighted by Crippen LogP contribution is -2.00. The van der Waals surface area contributed by atoms with Crippen molar-refractivity contribution in [3.05, 3.63) is 52.8 Å². The minimum atomic E-state index is -0.134. The number of carbonyl (C=O) groups is 1. The second-order valence-electron chi connectivity index (χ2n) is 5.60. The maximum Gasteiger partial charge on any atom is 0.232 e. The topological polar surface area (TPSA) is 54.0 Å².